The number of benzene rings is 3. The van der Waals surface area contributed by atoms with Crippen LogP contribution in [0.3, 0.4) is 0 Å². The van der Waals surface area contributed by atoms with E-state index < -0.39 is 11.7 Å². The van der Waals surface area contributed by atoms with Gasteiger partial charge >= 0.3 is 6.18 Å². The minimum Gasteiger partial charge on any atom is -0.488 e. The summed E-state index contributed by atoms with van der Waals surface area (Å²) in [5.74, 6) is 0.513. The summed E-state index contributed by atoms with van der Waals surface area (Å²) >= 11 is 0. The molecule has 0 radical (unpaired) electrons. The highest BCUT2D eigenvalue weighted by Gasteiger charge is 2.36. The quantitative estimate of drug-likeness (QED) is 0.205. The van der Waals surface area contributed by atoms with Crippen molar-refractivity contribution in [2.24, 2.45) is 0 Å². The van der Waals surface area contributed by atoms with E-state index in [1.54, 1.807) is 60.8 Å². The molecule has 0 aliphatic heterocycles. The van der Waals surface area contributed by atoms with Gasteiger partial charge in [0, 0.05) is 54.4 Å². The van der Waals surface area contributed by atoms with Crippen molar-refractivity contribution in [3.05, 3.63) is 113 Å². The van der Waals surface area contributed by atoms with Gasteiger partial charge in [0.1, 0.15) is 18.4 Å². The maximum Gasteiger partial charge on any atom is 0.417 e. The van der Waals surface area contributed by atoms with Crippen LogP contribution >= 0.6 is 0 Å². The third-order valence-corrected chi connectivity index (χ3v) is 6.30. The first-order valence-corrected chi connectivity index (χ1v) is 12.7. The molecular weight excluding hydrogens is 517 g/mol. The van der Waals surface area contributed by atoms with E-state index in [9.17, 15) is 18.3 Å². The van der Waals surface area contributed by atoms with Crippen molar-refractivity contribution in [2.45, 2.75) is 38.8 Å². The fourth-order valence-corrected chi connectivity index (χ4v) is 4.22. The summed E-state index contributed by atoms with van der Waals surface area (Å²) in [7, 11) is 0. The summed E-state index contributed by atoms with van der Waals surface area (Å²) in [6.45, 7) is 2.31. The van der Waals surface area contributed by atoms with Gasteiger partial charge in [-0.1, -0.05) is 54.6 Å². The Bertz CT molecular complexity index is 1470. The Hall–Kier alpha value is -4.39. The van der Waals surface area contributed by atoms with Crippen LogP contribution in [0.4, 0.5) is 18.9 Å². The van der Waals surface area contributed by atoms with Crippen molar-refractivity contribution in [3.63, 3.8) is 0 Å². The summed E-state index contributed by atoms with van der Waals surface area (Å²) in [5.41, 5.74) is 2.57. The van der Waals surface area contributed by atoms with Crippen LogP contribution in [0.2, 0.25) is 0 Å². The first kappa shape index (κ1) is 28.6. The van der Waals surface area contributed by atoms with Crippen molar-refractivity contribution in [1.82, 2.24) is 10.3 Å². The van der Waals surface area contributed by atoms with E-state index >= 15 is 0 Å². The Kier molecular flexibility index (Phi) is 9.38. The zero-order chi connectivity index (χ0) is 28.5. The molecule has 4 rings (SSSR count). The number of aliphatic hydroxyl groups is 1. The standard InChI is InChI=1S/C31H29F3N4O2/c1-21(19-39)37-17-25-10-11-27(13-29(25)40-20-23-12-22(14-35)15-36-16-23)38-18-26-8-5-9-28(30(26)31(32,33)34)24-6-3-2-4-7-24/h2-13,15-16,21,37-39H,17-20H2,1H3. The van der Waals surface area contributed by atoms with Gasteiger partial charge in [-0.15, -0.1) is 0 Å². The van der Waals surface area contributed by atoms with Crippen molar-refractivity contribution in [2.75, 3.05) is 11.9 Å². The van der Waals surface area contributed by atoms with Crippen LogP contribution in [-0.4, -0.2) is 22.7 Å². The average Bonchev–Trinajstić information content (AvgIpc) is 2.98. The Labute approximate surface area is 231 Å². The molecule has 0 saturated carbocycles. The lowest BCUT2D eigenvalue weighted by molar-refractivity contribution is -0.137. The second-order valence-electron chi connectivity index (χ2n) is 9.33. The number of rotatable bonds is 11. The molecule has 40 heavy (non-hydrogen) atoms. The van der Waals surface area contributed by atoms with Gasteiger partial charge in [-0.2, -0.15) is 18.4 Å². The summed E-state index contributed by atoms with van der Waals surface area (Å²) in [4.78, 5) is 4.05. The lowest BCUT2D eigenvalue weighted by Crippen LogP contribution is -2.28. The van der Waals surface area contributed by atoms with E-state index in [-0.39, 0.29) is 36.9 Å². The molecule has 0 bridgehead atoms. The molecule has 0 spiro atoms. The maximum atomic E-state index is 14.2. The molecule has 9 heteroatoms. The number of nitrogens with one attached hydrogen (secondary N) is 2. The van der Waals surface area contributed by atoms with Crippen LogP contribution in [0.25, 0.3) is 11.1 Å². The van der Waals surface area contributed by atoms with Crippen LogP contribution in [0.15, 0.2) is 85.2 Å². The Morgan fingerprint density at radius 1 is 0.975 bits per heavy atom. The van der Waals surface area contributed by atoms with Gasteiger partial charge in [-0.05, 0) is 35.7 Å². The van der Waals surface area contributed by atoms with Crippen LogP contribution < -0.4 is 15.4 Å². The smallest absolute Gasteiger partial charge is 0.417 e. The van der Waals surface area contributed by atoms with Gasteiger partial charge in [0.25, 0.3) is 0 Å². The Morgan fingerprint density at radius 2 is 1.77 bits per heavy atom. The van der Waals surface area contributed by atoms with E-state index in [1.807, 2.05) is 19.1 Å². The number of hydrogen-bond donors (Lipinski definition) is 3. The van der Waals surface area contributed by atoms with Crippen molar-refractivity contribution >= 4 is 5.69 Å². The SMILES string of the molecule is CC(CO)NCc1ccc(NCc2cccc(-c3ccccc3)c2C(F)(F)F)cc1OCc1cncc(C#N)c1. The number of pyridine rings is 1. The zero-order valence-electron chi connectivity index (χ0n) is 21.9. The van der Waals surface area contributed by atoms with Gasteiger partial charge in [-0.3, -0.25) is 4.98 Å². The molecule has 1 unspecified atom stereocenters. The fraction of sp³-hybridized carbons (Fsp3) is 0.226. The number of nitrogens with zero attached hydrogens (tertiary/aromatic N) is 2. The van der Waals surface area contributed by atoms with E-state index in [0.29, 0.717) is 34.7 Å². The lowest BCUT2D eigenvalue weighted by atomic mass is 9.95. The number of halogens is 3. The minimum absolute atomic E-state index is 0.0357. The van der Waals surface area contributed by atoms with Crippen molar-refractivity contribution in [3.8, 4) is 22.9 Å². The van der Waals surface area contributed by atoms with Crippen LogP contribution in [0.1, 0.15) is 34.7 Å². The second-order valence-corrected chi connectivity index (χ2v) is 9.33. The molecular formula is C31H29F3N4O2. The number of anilines is 1. The van der Waals surface area contributed by atoms with Gasteiger partial charge in [0.15, 0.2) is 0 Å². The largest absolute Gasteiger partial charge is 0.488 e. The van der Waals surface area contributed by atoms with E-state index in [4.69, 9.17) is 10.00 Å². The summed E-state index contributed by atoms with van der Waals surface area (Å²) in [5, 5.41) is 24.8. The van der Waals surface area contributed by atoms with Gasteiger partial charge in [-0.25, -0.2) is 0 Å². The van der Waals surface area contributed by atoms with Crippen LogP contribution in [-0.2, 0) is 25.9 Å². The fourth-order valence-electron chi connectivity index (χ4n) is 4.22. The monoisotopic (exact) mass is 546 g/mol. The number of nitriles is 1. The molecule has 0 fully saturated rings. The molecule has 0 aliphatic rings. The maximum absolute atomic E-state index is 14.2. The van der Waals surface area contributed by atoms with Crippen molar-refractivity contribution in [1.29, 1.82) is 5.26 Å². The number of aliphatic hydroxyl groups excluding tert-OH is 1. The summed E-state index contributed by atoms with van der Waals surface area (Å²) in [6.07, 6.45) is -1.47. The molecule has 3 aromatic carbocycles. The van der Waals surface area contributed by atoms with Crippen molar-refractivity contribution < 1.29 is 23.0 Å². The van der Waals surface area contributed by atoms with Gasteiger partial charge in [0.2, 0.25) is 0 Å². The third kappa shape index (κ3) is 7.38. The molecule has 0 saturated heterocycles. The second kappa shape index (κ2) is 13.1. The molecule has 0 amide bonds. The number of ether oxygens (including phenoxy) is 1. The molecule has 0 aliphatic carbocycles. The molecule has 1 heterocycles. The molecule has 1 aromatic heterocycles. The third-order valence-electron chi connectivity index (χ3n) is 6.30. The lowest BCUT2D eigenvalue weighted by Gasteiger charge is -2.19. The van der Waals surface area contributed by atoms with Gasteiger partial charge in [0.05, 0.1) is 17.7 Å². The molecule has 4 aromatic rings. The van der Waals surface area contributed by atoms with Crippen LogP contribution in [0, 0.1) is 11.3 Å². The summed E-state index contributed by atoms with van der Waals surface area (Å²) < 4.78 is 48.8. The predicted molar refractivity (Wildman–Crippen MR) is 147 cm³/mol. The highest BCUT2D eigenvalue weighted by molar-refractivity contribution is 5.70. The first-order valence-electron chi connectivity index (χ1n) is 12.7. The first-order chi connectivity index (χ1) is 19.3. The normalized spacial score (nSPS) is 12.0. The van der Waals surface area contributed by atoms with Crippen LogP contribution in [0.5, 0.6) is 5.75 Å². The van der Waals surface area contributed by atoms with E-state index in [0.717, 1.165) is 5.56 Å². The molecule has 1 atom stereocenters. The highest BCUT2D eigenvalue weighted by atomic mass is 19.4. The predicted octanol–water partition coefficient (Wildman–Crippen LogP) is 6.30. The molecule has 3 N–H and O–H groups in total. The number of hydrogen-bond acceptors (Lipinski definition) is 6. The highest BCUT2D eigenvalue weighted by Crippen LogP contribution is 2.39. The number of aromatic nitrogens is 1. The minimum atomic E-state index is -4.54. The van der Waals surface area contributed by atoms with Gasteiger partial charge < -0.3 is 20.5 Å². The molecule has 206 valence electrons. The van der Waals surface area contributed by atoms with E-state index in [1.165, 1.54) is 18.3 Å². The average molecular weight is 547 g/mol. The summed E-state index contributed by atoms with van der Waals surface area (Å²) in [6, 6.07) is 22.0. The molecule has 6 nitrogen and oxygen atoms in total. The zero-order valence-corrected chi connectivity index (χ0v) is 21.9. The van der Waals surface area contributed by atoms with E-state index in [2.05, 4.69) is 15.6 Å². The Morgan fingerprint density at radius 3 is 2.50 bits per heavy atom. The topological polar surface area (TPSA) is 90.2 Å². The Balaban J connectivity index is 1.59. The number of alkyl halides is 3.